The number of carbonyl (C=O) groups is 2. The Bertz CT molecular complexity index is 691. The van der Waals surface area contributed by atoms with Crippen LogP contribution in [0.25, 0.3) is 11.0 Å². The summed E-state index contributed by atoms with van der Waals surface area (Å²) < 4.78 is 10.4. The first kappa shape index (κ1) is 16.4. The fourth-order valence-electron chi connectivity index (χ4n) is 2.12. The minimum atomic E-state index is -1.26. The summed E-state index contributed by atoms with van der Waals surface area (Å²) in [7, 11) is 0. The molecule has 1 heterocycles. The highest BCUT2D eigenvalue weighted by Gasteiger charge is 2.30. The number of fused-ring (bicyclic) bond motifs is 1. The highest BCUT2D eigenvalue weighted by molar-refractivity contribution is 6.34. The van der Waals surface area contributed by atoms with Gasteiger partial charge in [0.15, 0.2) is 11.5 Å². The topological polar surface area (TPSA) is 76.7 Å². The van der Waals surface area contributed by atoms with E-state index in [1.54, 1.807) is 25.1 Å². The second-order valence-electron chi connectivity index (χ2n) is 5.12. The lowest BCUT2D eigenvalue weighted by Gasteiger charge is -2.16. The molecule has 0 aliphatic heterocycles. The zero-order valence-electron chi connectivity index (χ0n) is 12.3. The Morgan fingerprint density at radius 1 is 1.36 bits per heavy atom. The van der Waals surface area contributed by atoms with Crippen LogP contribution in [0.5, 0.6) is 0 Å². The molecule has 2 aromatic rings. The van der Waals surface area contributed by atoms with Crippen molar-refractivity contribution in [2.45, 2.75) is 32.8 Å². The molecule has 22 heavy (non-hydrogen) atoms. The van der Waals surface area contributed by atoms with Crippen LogP contribution in [0, 0.1) is 5.92 Å². The van der Waals surface area contributed by atoms with Gasteiger partial charge in [0.05, 0.1) is 17.4 Å². The minimum Gasteiger partial charge on any atom is -0.481 e. The number of ether oxygens (including phenoxy) is 1. The molecule has 0 aliphatic carbocycles. The number of aliphatic carboxylic acids is 1. The molecule has 1 aromatic heterocycles. The number of halogens is 1. The number of esters is 1. The Kier molecular flexibility index (Phi) is 5.08. The van der Waals surface area contributed by atoms with Gasteiger partial charge >= 0.3 is 11.9 Å². The van der Waals surface area contributed by atoms with E-state index in [0.29, 0.717) is 28.0 Å². The van der Waals surface area contributed by atoms with Gasteiger partial charge in [-0.1, -0.05) is 24.6 Å². The van der Waals surface area contributed by atoms with Crippen molar-refractivity contribution in [3.05, 3.63) is 35.0 Å². The molecule has 0 radical (unpaired) electrons. The van der Waals surface area contributed by atoms with Gasteiger partial charge in [-0.05, 0) is 37.5 Å². The lowest BCUT2D eigenvalue weighted by Crippen LogP contribution is -2.30. The Labute approximate surface area is 132 Å². The average Bonchev–Trinajstić information content (AvgIpc) is 2.96. The van der Waals surface area contributed by atoms with Crippen LogP contribution in [-0.2, 0) is 20.7 Å². The molecule has 118 valence electrons. The monoisotopic (exact) mass is 324 g/mol. The van der Waals surface area contributed by atoms with Crippen molar-refractivity contribution in [1.29, 1.82) is 0 Å². The van der Waals surface area contributed by atoms with Crippen LogP contribution in [-0.4, -0.2) is 23.1 Å². The van der Waals surface area contributed by atoms with E-state index in [2.05, 4.69) is 0 Å². The summed E-state index contributed by atoms with van der Waals surface area (Å²) >= 11 is 6.02. The number of carboxylic acid groups (broad SMARTS) is 1. The van der Waals surface area contributed by atoms with Gasteiger partial charge in [0.1, 0.15) is 0 Å². The van der Waals surface area contributed by atoms with Gasteiger partial charge in [0.25, 0.3) is 0 Å². The van der Waals surface area contributed by atoms with E-state index in [1.807, 2.05) is 6.92 Å². The van der Waals surface area contributed by atoms with Gasteiger partial charge in [-0.3, -0.25) is 9.59 Å². The summed E-state index contributed by atoms with van der Waals surface area (Å²) in [5.74, 6) is -3.19. The van der Waals surface area contributed by atoms with Crippen LogP contribution in [0.4, 0.5) is 0 Å². The molecule has 0 aliphatic rings. The molecule has 0 amide bonds. The van der Waals surface area contributed by atoms with Crippen molar-refractivity contribution < 1.29 is 23.8 Å². The first-order chi connectivity index (χ1) is 10.4. The molecule has 0 saturated carbocycles. The van der Waals surface area contributed by atoms with Crippen molar-refractivity contribution in [2.75, 3.05) is 0 Å². The molecular weight excluding hydrogens is 308 g/mol. The van der Waals surface area contributed by atoms with E-state index in [9.17, 15) is 14.7 Å². The van der Waals surface area contributed by atoms with Crippen LogP contribution in [0.15, 0.2) is 28.9 Å². The maximum atomic E-state index is 12.0. The van der Waals surface area contributed by atoms with Crippen LogP contribution in [0.2, 0.25) is 5.02 Å². The Hall–Kier alpha value is -2.01. The van der Waals surface area contributed by atoms with E-state index in [4.69, 9.17) is 20.8 Å². The van der Waals surface area contributed by atoms with E-state index >= 15 is 0 Å². The number of hydrogen-bond donors (Lipinski definition) is 1. The third-order valence-corrected chi connectivity index (χ3v) is 3.86. The van der Waals surface area contributed by atoms with Gasteiger partial charge in [-0.2, -0.15) is 0 Å². The predicted molar refractivity (Wildman–Crippen MR) is 81.9 cm³/mol. The predicted octanol–water partition coefficient (Wildman–Crippen LogP) is 3.67. The van der Waals surface area contributed by atoms with E-state index < -0.39 is 17.9 Å². The number of carboxylic acids is 1. The molecule has 0 spiro atoms. The van der Waals surface area contributed by atoms with Crippen molar-refractivity contribution in [3.63, 3.8) is 0 Å². The fourth-order valence-corrected chi connectivity index (χ4v) is 2.33. The molecule has 0 saturated heterocycles. The molecule has 2 rings (SSSR count). The Morgan fingerprint density at radius 2 is 2.09 bits per heavy atom. The summed E-state index contributed by atoms with van der Waals surface area (Å²) in [6.45, 7) is 3.59. The van der Waals surface area contributed by atoms with Crippen LogP contribution in [0.1, 0.15) is 25.8 Å². The second kappa shape index (κ2) is 6.83. The standard InChI is InChI=1S/C16H17ClO5/c1-3-9(2)22-16(20)12(15(18)19)8-10-4-5-13(17)14-11(10)6-7-21-14/h4-7,9,12H,3,8H2,1-2H3,(H,18,19). The minimum absolute atomic E-state index is 0.0256. The summed E-state index contributed by atoms with van der Waals surface area (Å²) in [5, 5.41) is 10.5. The lowest BCUT2D eigenvalue weighted by molar-refractivity contribution is -0.161. The lowest BCUT2D eigenvalue weighted by atomic mass is 9.97. The first-order valence-electron chi connectivity index (χ1n) is 7.02. The van der Waals surface area contributed by atoms with Crippen LogP contribution in [0.3, 0.4) is 0 Å². The third kappa shape index (κ3) is 3.42. The maximum Gasteiger partial charge on any atom is 0.320 e. The zero-order chi connectivity index (χ0) is 16.3. The molecule has 6 heteroatoms. The van der Waals surface area contributed by atoms with Gasteiger partial charge in [-0.25, -0.2) is 0 Å². The normalized spacial score (nSPS) is 13.8. The molecule has 1 N–H and O–H groups in total. The van der Waals surface area contributed by atoms with Gasteiger partial charge in [0.2, 0.25) is 0 Å². The summed E-state index contributed by atoms with van der Waals surface area (Å²) in [6, 6.07) is 5.03. The Balaban J connectivity index is 2.27. The molecule has 1 aromatic carbocycles. The number of hydrogen-bond acceptors (Lipinski definition) is 4. The molecule has 0 fully saturated rings. The Morgan fingerprint density at radius 3 is 2.73 bits per heavy atom. The van der Waals surface area contributed by atoms with E-state index in [1.165, 1.54) is 6.26 Å². The largest absolute Gasteiger partial charge is 0.481 e. The summed E-state index contributed by atoms with van der Waals surface area (Å²) in [4.78, 5) is 23.5. The van der Waals surface area contributed by atoms with Crippen LogP contribution < -0.4 is 0 Å². The quantitative estimate of drug-likeness (QED) is 0.648. The highest BCUT2D eigenvalue weighted by atomic mass is 35.5. The van der Waals surface area contributed by atoms with E-state index in [0.717, 1.165) is 0 Å². The molecule has 5 nitrogen and oxygen atoms in total. The van der Waals surface area contributed by atoms with Gasteiger partial charge in [-0.15, -0.1) is 0 Å². The molecule has 2 atom stereocenters. The van der Waals surface area contributed by atoms with Crippen LogP contribution >= 0.6 is 11.6 Å². The summed E-state index contributed by atoms with van der Waals surface area (Å²) in [5.41, 5.74) is 1.17. The molecule has 0 bridgehead atoms. The first-order valence-corrected chi connectivity index (χ1v) is 7.39. The van der Waals surface area contributed by atoms with Crippen molar-refractivity contribution in [3.8, 4) is 0 Å². The molecular formula is C16H17ClO5. The average molecular weight is 325 g/mol. The second-order valence-corrected chi connectivity index (χ2v) is 5.53. The zero-order valence-corrected chi connectivity index (χ0v) is 13.1. The van der Waals surface area contributed by atoms with Gasteiger partial charge in [0, 0.05) is 5.39 Å². The number of furan rings is 1. The number of carbonyl (C=O) groups excluding carboxylic acids is 1. The van der Waals surface area contributed by atoms with Crippen molar-refractivity contribution >= 4 is 34.5 Å². The SMILES string of the molecule is CCC(C)OC(=O)C(Cc1ccc(Cl)c2occc12)C(=O)O. The highest BCUT2D eigenvalue weighted by Crippen LogP contribution is 2.29. The van der Waals surface area contributed by atoms with Crippen molar-refractivity contribution in [1.82, 2.24) is 0 Å². The number of benzene rings is 1. The third-order valence-electron chi connectivity index (χ3n) is 3.56. The molecule has 2 unspecified atom stereocenters. The van der Waals surface area contributed by atoms with Gasteiger partial charge < -0.3 is 14.3 Å². The smallest absolute Gasteiger partial charge is 0.320 e. The number of rotatable bonds is 6. The summed E-state index contributed by atoms with van der Waals surface area (Å²) in [6.07, 6.45) is 1.82. The van der Waals surface area contributed by atoms with E-state index in [-0.39, 0.29) is 12.5 Å². The maximum absolute atomic E-state index is 12.0. The fraction of sp³-hybridized carbons (Fsp3) is 0.375. The van der Waals surface area contributed by atoms with Crippen molar-refractivity contribution in [2.24, 2.45) is 5.92 Å².